The van der Waals surface area contributed by atoms with Crippen molar-refractivity contribution in [2.45, 2.75) is 51.5 Å². The average molecular weight is 302 g/mol. The Hall–Kier alpha value is -1.80. The molecule has 0 saturated heterocycles. The minimum atomic E-state index is 0.377. The lowest BCUT2D eigenvalue weighted by molar-refractivity contribution is 0.297. The van der Waals surface area contributed by atoms with Crippen molar-refractivity contribution in [3.05, 3.63) is 17.8 Å². The molecule has 1 heterocycles. The van der Waals surface area contributed by atoms with Gasteiger partial charge in [0, 0.05) is 12.6 Å². The second-order valence-electron chi connectivity index (χ2n) is 6.05. The number of nitriles is 1. The summed E-state index contributed by atoms with van der Waals surface area (Å²) in [4.78, 5) is 4.27. The molecule has 1 aromatic rings. The smallest absolute Gasteiger partial charge is 0.231 e. The van der Waals surface area contributed by atoms with E-state index in [0.717, 1.165) is 37.9 Å². The van der Waals surface area contributed by atoms with Crippen molar-refractivity contribution >= 4 is 5.69 Å². The summed E-state index contributed by atoms with van der Waals surface area (Å²) in [6.07, 6.45) is 8.34. The molecule has 1 aliphatic carbocycles. The Balaban J connectivity index is 1.87. The third-order valence-electron chi connectivity index (χ3n) is 4.19. The van der Waals surface area contributed by atoms with Crippen molar-refractivity contribution in [2.24, 2.45) is 11.7 Å². The van der Waals surface area contributed by atoms with Gasteiger partial charge in [0.25, 0.3) is 0 Å². The number of hydrogen-bond acceptors (Lipinski definition) is 5. The topological polar surface area (TPSA) is 84.0 Å². The fraction of sp³-hybridized carbons (Fsp3) is 0.647. The molecule has 22 heavy (non-hydrogen) atoms. The van der Waals surface area contributed by atoms with Crippen LogP contribution in [0.15, 0.2) is 12.3 Å². The Kier molecular flexibility index (Phi) is 6.47. The van der Waals surface area contributed by atoms with Crippen LogP contribution in [0.3, 0.4) is 0 Å². The van der Waals surface area contributed by atoms with Crippen LogP contribution in [-0.4, -0.2) is 24.2 Å². The molecule has 1 saturated carbocycles. The van der Waals surface area contributed by atoms with Crippen LogP contribution in [-0.2, 0) is 0 Å². The van der Waals surface area contributed by atoms with Crippen LogP contribution in [0.25, 0.3) is 0 Å². The summed E-state index contributed by atoms with van der Waals surface area (Å²) < 4.78 is 5.55. The molecule has 0 atom stereocenters. The second-order valence-corrected chi connectivity index (χ2v) is 6.05. The largest absolute Gasteiger partial charge is 0.477 e. The summed E-state index contributed by atoms with van der Waals surface area (Å²) >= 11 is 0. The molecule has 5 nitrogen and oxygen atoms in total. The predicted octanol–water partition coefficient (Wildman–Crippen LogP) is 3.06. The molecule has 1 aliphatic rings. The fourth-order valence-corrected chi connectivity index (χ4v) is 2.71. The highest BCUT2D eigenvalue weighted by Gasteiger charge is 2.18. The van der Waals surface area contributed by atoms with Crippen molar-refractivity contribution in [3.8, 4) is 11.9 Å². The normalized spacial score (nSPS) is 21.1. The summed E-state index contributed by atoms with van der Waals surface area (Å²) in [5, 5.41) is 12.6. The van der Waals surface area contributed by atoms with Gasteiger partial charge in [-0.25, -0.2) is 4.98 Å². The summed E-state index contributed by atoms with van der Waals surface area (Å²) in [6.45, 7) is 3.62. The van der Waals surface area contributed by atoms with E-state index in [1.54, 1.807) is 6.20 Å². The van der Waals surface area contributed by atoms with Crippen molar-refractivity contribution in [1.29, 1.82) is 5.26 Å². The van der Waals surface area contributed by atoms with E-state index in [1.807, 2.05) is 6.07 Å². The number of nitrogens with two attached hydrogens (primary N) is 1. The highest BCUT2D eigenvalue weighted by Crippen LogP contribution is 2.24. The number of ether oxygens (including phenoxy) is 1. The lowest BCUT2D eigenvalue weighted by Crippen LogP contribution is -2.29. The molecule has 3 N–H and O–H groups in total. The number of anilines is 1. The fourth-order valence-electron chi connectivity index (χ4n) is 2.71. The number of unbranched alkanes of at least 4 members (excludes halogenated alkanes) is 1. The highest BCUT2D eigenvalue weighted by molar-refractivity contribution is 5.51. The monoisotopic (exact) mass is 302 g/mol. The van der Waals surface area contributed by atoms with Gasteiger partial charge in [-0.05, 0) is 44.1 Å². The van der Waals surface area contributed by atoms with Gasteiger partial charge in [-0.2, -0.15) is 5.26 Å². The van der Waals surface area contributed by atoms with E-state index < -0.39 is 0 Å². The first-order valence-corrected chi connectivity index (χ1v) is 8.25. The van der Waals surface area contributed by atoms with E-state index in [4.69, 9.17) is 10.5 Å². The quantitative estimate of drug-likeness (QED) is 0.756. The van der Waals surface area contributed by atoms with Gasteiger partial charge in [-0.1, -0.05) is 13.3 Å². The van der Waals surface area contributed by atoms with Gasteiger partial charge in [-0.15, -0.1) is 0 Å². The number of aromatic nitrogens is 1. The Bertz CT molecular complexity index is 504. The summed E-state index contributed by atoms with van der Waals surface area (Å²) in [7, 11) is 0. The SMILES string of the molecule is CCCCOc1ncc(NCC2CCC(N)CC2)cc1C#N. The minimum Gasteiger partial charge on any atom is -0.477 e. The zero-order valence-corrected chi connectivity index (χ0v) is 13.3. The van der Waals surface area contributed by atoms with E-state index in [0.29, 0.717) is 30.0 Å². The molecule has 120 valence electrons. The molecule has 0 aromatic carbocycles. The van der Waals surface area contributed by atoms with Gasteiger partial charge in [0.2, 0.25) is 5.88 Å². The van der Waals surface area contributed by atoms with E-state index in [-0.39, 0.29) is 0 Å². The van der Waals surface area contributed by atoms with Crippen LogP contribution in [0.2, 0.25) is 0 Å². The molecule has 0 aliphatic heterocycles. The van der Waals surface area contributed by atoms with Gasteiger partial charge in [0.1, 0.15) is 11.6 Å². The predicted molar refractivity (Wildman–Crippen MR) is 87.8 cm³/mol. The van der Waals surface area contributed by atoms with Gasteiger partial charge in [-0.3, -0.25) is 0 Å². The summed E-state index contributed by atoms with van der Waals surface area (Å²) in [5.41, 5.74) is 7.30. The zero-order valence-electron chi connectivity index (χ0n) is 13.3. The van der Waals surface area contributed by atoms with Crippen molar-refractivity contribution in [3.63, 3.8) is 0 Å². The van der Waals surface area contributed by atoms with E-state index >= 15 is 0 Å². The molecule has 0 amide bonds. The number of rotatable bonds is 7. The maximum absolute atomic E-state index is 9.23. The molecule has 0 spiro atoms. The van der Waals surface area contributed by atoms with Gasteiger partial charge in [0.15, 0.2) is 0 Å². The minimum absolute atomic E-state index is 0.377. The van der Waals surface area contributed by atoms with E-state index in [2.05, 4.69) is 23.3 Å². The first-order chi connectivity index (χ1) is 10.7. The lowest BCUT2D eigenvalue weighted by Gasteiger charge is -2.26. The van der Waals surface area contributed by atoms with Gasteiger partial charge in [0.05, 0.1) is 18.5 Å². The van der Waals surface area contributed by atoms with Crippen LogP contribution in [0.5, 0.6) is 5.88 Å². The third kappa shape index (κ3) is 4.88. The number of pyridine rings is 1. The molecule has 1 fully saturated rings. The average Bonchev–Trinajstić information content (AvgIpc) is 2.55. The van der Waals surface area contributed by atoms with Gasteiger partial charge < -0.3 is 15.8 Å². The summed E-state index contributed by atoms with van der Waals surface area (Å²) in [6, 6.07) is 4.36. The molecular weight excluding hydrogens is 276 g/mol. The van der Waals surface area contributed by atoms with E-state index in [1.165, 1.54) is 12.8 Å². The molecular formula is C17H26N4O. The maximum Gasteiger partial charge on any atom is 0.231 e. The molecule has 1 aromatic heterocycles. The standard InChI is InChI=1S/C17H26N4O/c1-2-3-8-22-17-14(10-18)9-16(12-21-17)20-11-13-4-6-15(19)7-5-13/h9,12-13,15,20H,2-8,11,19H2,1H3. The number of hydrogen-bond donors (Lipinski definition) is 2. The Labute approximate surface area is 132 Å². The van der Waals surface area contributed by atoms with Crippen LogP contribution in [0, 0.1) is 17.2 Å². The first-order valence-electron chi connectivity index (χ1n) is 8.25. The number of nitrogens with zero attached hydrogens (tertiary/aromatic N) is 2. The third-order valence-corrected chi connectivity index (χ3v) is 4.19. The molecule has 0 unspecified atom stereocenters. The van der Waals surface area contributed by atoms with Crippen molar-refractivity contribution in [1.82, 2.24) is 4.98 Å². The lowest BCUT2D eigenvalue weighted by atomic mass is 9.86. The van der Waals surface area contributed by atoms with Crippen molar-refractivity contribution in [2.75, 3.05) is 18.5 Å². The first kappa shape index (κ1) is 16.6. The molecule has 5 heteroatoms. The second kappa shape index (κ2) is 8.60. The van der Waals surface area contributed by atoms with Crippen LogP contribution < -0.4 is 15.8 Å². The van der Waals surface area contributed by atoms with Crippen LogP contribution >= 0.6 is 0 Å². The van der Waals surface area contributed by atoms with Crippen LogP contribution in [0.1, 0.15) is 51.0 Å². The Morgan fingerprint density at radius 2 is 2.18 bits per heavy atom. The zero-order chi connectivity index (χ0) is 15.8. The molecule has 0 radical (unpaired) electrons. The Morgan fingerprint density at radius 3 is 2.86 bits per heavy atom. The van der Waals surface area contributed by atoms with Crippen LogP contribution in [0.4, 0.5) is 5.69 Å². The highest BCUT2D eigenvalue weighted by atomic mass is 16.5. The van der Waals surface area contributed by atoms with Gasteiger partial charge >= 0.3 is 0 Å². The molecule has 2 rings (SSSR count). The maximum atomic E-state index is 9.23. The number of nitrogens with one attached hydrogen (secondary N) is 1. The molecule has 0 bridgehead atoms. The van der Waals surface area contributed by atoms with E-state index in [9.17, 15) is 5.26 Å². The Morgan fingerprint density at radius 1 is 1.41 bits per heavy atom. The summed E-state index contributed by atoms with van der Waals surface area (Å²) in [5.74, 6) is 1.09. The van der Waals surface area contributed by atoms with Crippen molar-refractivity contribution < 1.29 is 4.74 Å².